The van der Waals surface area contributed by atoms with Crippen LogP contribution in [0, 0.1) is 0 Å². The molecule has 1 heteroatoms. The van der Waals surface area contributed by atoms with Crippen molar-refractivity contribution in [3.63, 3.8) is 0 Å². The summed E-state index contributed by atoms with van der Waals surface area (Å²) in [7, 11) is 0. The van der Waals surface area contributed by atoms with Crippen LogP contribution in [0.25, 0.3) is 81.3 Å². The van der Waals surface area contributed by atoms with Crippen molar-refractivity contribution in [2.75, 3.05) is 4.90 Å². The first-order valence-corrected chi connectivity index (χ1v) is 18.6. The highest BCUT2D eigenvalue weighted by Gasteiger charge is 2.21. The quantitative estimate of drug-likeness (QED) is 0.163. The van der Waals surface area contributed by atoms with Gasteiger partial charge in [0.25, 0.3) is 0 Å². The Kier molecular flexibility index (Phi) is 6.89. The van der Waals surface area contributed by atoms with Crippen LogP contribution in [0.4, 0.5) is 17.1 Å². The van der Waals surface area contributed by atoms with Gasteiger partial charge in [-0.25, -0.2) is 0 Å². The monoisotopic (exact) mass is 683 g/mol. The fourth-order valence-corrected chi connectivity index (χ4v) is 8.87. The Hall–Kier alpha value is -7.18. The molecule has 0 unspecified atom stereocenters. The second kappa shape index (κ2) is 12.2. The van der Waals surface area contributed by atoms with E-state index in [0.717, 1.165) is 22.6 Å². The fraction of sp³-hybridized carbons (Fsp3) is 0. The molecule has 0 bridgehead atoms. The Balaban J connectivity index is 1.38. The maximum absolute atomic E-state index is 3.62. The second-order valence-electron chi connectivity index (χ2n) is 14.1. The molecule has 10 aromatic rings. The van der Waals surface area contributed by atoms with Gasteiger partial charge in [0.05, 0.1) is 5.69 Å². The molecule has 0 radical (unpaired) electrons. The van der Waals surface area contributed by atoms with Crippen LogP contribution < -0.4 is 4.90 Å². The second-order valence-corrected chi connectivity index (χ2v) is 14.1. The molecule has 1 aliphatic carbocycles. The van der Waals surface area contributed by atoms with E-state index in [1.807, 2.05) is 6.08 Å². The summed E-state index contributed by atoms with van der Waals surface area (Å²) in [4.78, 5) is 2.38. The number of nitrogens with zero attached hydrogens (tertiary/aromatic N) is 1. The first kappa shape index (κ1) is 30.4. The summed E-state index contributed by atoms with van der Waals surface area (Å²) < 4.78 is 0. The van der Waals surface area contributed by atoms with Gasteiger partial charge >= 0.3 is 0 Å². The van der Waals surface area contributed by atoms with Gasteiger partial charge in [0.15, 0.2) is 0 Å². The lowest BCUT2D eigenvalue weighted by Gasteiger charge is -2.27. The topological polar surface area (TPSA) is 3.24 Å². The number of rotatable bonds is 5. The third-order valence-corrected chi connectivity index (χ3v) is 11.2. The molecular formula is C53H33N. The van der Waals surface area contributed by atoms with Crippen molar-refractivity contribution in [2.45, 2.75) is 0 Å². The van der Waals surface area contributed by atoms with Crippen LogP contribution in [0.1, 0.15) is 5.56 Å². The molecule has 0 aromatic heterocycles. The van der Waals surface area contributed by atoms with Crippen LogP contribution in [-0.4, -0.2) is 0 Å². The number of benzene rings is 8. The third kappa shape index (κ3) is 4.67. The minimum Gasteiger partial charge on any atom is -0.310 e. The van der Waals surface area contributed by atoms with Gasteiger partial charge < -0.3 is 4.90 Å². The summed E-state index contributed by atoms with van der Waals surface area (Å²) in [6.45, 7) is 0. The maximum atomic E-state index is 3.62. The highest BCUT2D eigenvalue weighted by Crippen LogP contribution is 2.47. The molecule has 10 aromatic carbocycles. The highest BCUT2D eigenvalue weighted by atomic mass is 15.1. The molecular weight excluding hydrogens is 651 g/mol. The molecule has 0 N–H and O–H groups in total. The van der Waals surface area contributed by atoms with Crippen molar-refractivity contribution >= 4 is 87.3 Å². The van der Waals surface area contributed by atoms with E-state index in [-0.39, 0.29) is 0 Å². The molecule has 0 saturated heterocycles. The van der Waals surface area contributed by atoms with E-state index in [2.05, 4.69) is 205 Å². The number of hydrogen-bond donors (Lipinski definition) is 0. The first-order valence-electron chi connectivity index (χ1n) is 18.6. The summed E-state index contributed by atoms with van der Waals surface area (Å²) in [5.74, 6) is 0. The Morgan fingerprint density at radius 3 is 1.69 bits per heavy atom. The van der Waals surface area contributed by atoms with Crippen molar-refractivity contribution in [1.29, 1.82) is 0 Å². The van der Waals surface area contributed by atoms with E-state index in [1.54, 1.807) is 0 Å². The minimum atomic E-state index is 1.09. The number of allylic oxidation sites excluding steroid dienone is 3. The highest BCUT2D eigenvalue weighted by molar-refractivity contribution is 6.36. The van der Waals surface area contributed by atoms with Crippen LogP contribution in [-0.2, 0) is 0 Å². The summed E-state index contributed by atoms with van der Waals surface area (Å²) >= 11 is 0. The van der Waals surface area contributed by atoms with Gasteiger partial charge in [-0.2, -0.15) is 0 Å². The standard InChI is InChI=1S/C53H33N/c1-4-16-36(17-5-1)47-33-38-30-31-50(54(39-21-6-2-7-22-39)40-23-8-3-9-24-40)44-28-14-20-37(51(38)44)32-46(35-18-10-11-19-35)49-34-48-42-26-13-12-25-41(42)43-27-15-29-45(52(43)48)53(47)49/h1-18,20-34H. The van der Waals surface area contributed by atoms with E-state index in [0.29, 0.717) is 0 Å². The van der Waals surface area contributed by atoms with E-state index in [4.69, 9.17) is 0 Å². The van der Waals surface area contributed by atoms with Gasteiger partial charge in [0, 0.05) is 22.3 Å². The third-order valence-electron chi connectivity index (χ3n) is 11.2. The molecule has 1 nitrogen and oxygen atoms in total. The van der Waals surface area contributed by atoms with Gasteiger partial charge in [-0.1, -0.05) is 140 Å². The van der Waals surface area contributed by atoms with Gasteiger partial charge in [-0.05, 0) is 137 Å². The summed E-state index contributed by atoms with van der Waals surface area (Å²) in [6, 6.07) is 66.8. The Morgan fingerprint density at radius 1 is 0.370 bits per heavy atom. The van der Waals surface area contributed by atoms with E-state index < -0.39 is 0 Å². The molecule has 1 aliphatic rings. The molecule has 11 rings (SSSR count). The lowest BCUT2D eigenvalue weighted by Crippen LogP contribution is -2.10. The molecule has 0 aliphatic heterocycles. The van der Waals surface area contributed by atoms with Gasteiger partial charge in [-0.3, -0.25) is 0 Å². The van der Waals surface area contributed by atoms with Crippen molar-refractivity contribution < 1.29 is 0 Å². The number of hydrogen-bond acceptors (Lipinski definition) is 1. The summed E-state index contributed by atoms with van der Waals surface area (Å²) in [5, 5.41) is 15.0. The predicted octanol–water partition coefficient (Wildman–Crippen LogP) is 14.9. The molecule has 250 valence electrons. The van der Waals surface area contributed by atoms with Crippen molar-refractivity contribution in [3.8, 4) is 11.1 Å². The molecule has 0 saturated carbocycles. The Labute approximate surface area is 313 Å². The normalized spacial score (nSPS) is 12.5. The summed E-state index contributed by atoms with van der Waals surface area (Å²) in [5.41, 5.74) is 11.6. The van der Waals surface area contributed by atoms with E-state index in [9.17, 15) is 0 Å². The largest absolute Gasteiger partial charge is 0.310 e. The van der Waals surface area contributed by atoms with E-state index >= 15 is 0 Å². The SMILES string of the molecule is C1=CC=CC=1c1cc2cccc3c(N(c4ccccc4)c4ccccc4)ccc(cc(-c4ccccc4)c4c1cc1c5ccccc5c5cccc4c51)c23. The van der Waals surface area contributed by atoms with Crippen LogP contribution >= 0.6 is 0 Å². The average molecular weight is 684 g/mol. The van der Waals surface area contributed by atoms with Crippen LogP contribution in [0.2, 0.25) is 0 Å². The maximum Gasteiger partial charge on any atom is 0.0540 e. The van der Waals surface area contributed by atoms with E-state index in [1.165, 1.54) is 81.3 Å². The van der Waals surface area contributed by atoms with Crippen LogP contribution in [0.5, 0.6) is 0 Å². The number of fused-ring (bicyclic) bond motifs is 5. The molecule has 0 heterocycles. The van der Waals surface area contributed by atoms with Crippen molar-refractivity contribution in [1.82, 2.24) is 0 Å². The number of anilines is 3. The molecule has 0 fully saturated rings. The van der Waals surface area contributed by atoms with Crippen molar-refractivity contribution in [3.05, 3.63) is 212 Å². The van der Waals surface area contributed by atoms with Gasteiger partial charge in [-0.15, -0.1) is 5.73 Å². The molecule has 0 spiro atoms. The lowest BCUT2D eigenvalue weighted by molar-refractivity contribution is 1.30. The predicted molar refractivity (Wildman–Crippen MR) is 232 cm³/mol. The fourth-order valence-electron chi connectivity index (χ4n) is 8.87. The minimum absolute atomic E-state index is 1.09. The molecule has 54 heavy (non-hydrogen) atoms. The first-order chi connectivity index (χ1) is 26.8. The van der Waals surface area contributed by atoms with Gasteiger partial charge in [0.1, 0.15) is 0 Å². The average Bonchev–Trinajstić information content (AvgIpc) is 3.89. The van der Waals surface area contributed by atoms with Crippen LogP contribution in [0.15, 0.2) is 206 Å². The summed E-state index contributed by atoms with van der Waals surface area (Å²) in [6.07, 6.45) is 6.35. The molecule has 0 atom stereocenters. The zero-order chi connectivity index (χ0) is 35.6. The Morgan fingerprint density at radius 2 is 0.963 bits per heavy atom. The zero-order valence-corrected chi connectivity index (χ0v) is 29.5. The van der Waals surface area contributed by atoms with Crippen molar-refractivity contribution in [2.24, 2.45) is 0 Å². The number of para-hydroxylation sites is 2. The zero-order valence-electron chi connectivity index (χ0n) is 29.5. The van der Waals surface area contributed by atoms with Crippen LogP contribution in [0.3, 0.4) is 0 Å². The molecule has 0 amide bonds. The van der Waals surface area contributed by atoms with Gasteiger partial charge in [0.2, 0.25) is 0 Å². The smallest absolute Gasteiger partial charge is 0.0540 e. The Bertz CT molecular complexity index is 3180. The lowest BCUT2D eigenvalue weighted by atomic mass is 9.90.